The second-order valence-electron chi connectivity index (χ2n) is 6.45. The molecule has 4 nitrogen and oxygen atoms in total. The quantitative estimate of drug-likeness (QED) is 0.489. The minimum Gasteiger partial charge on any atom is -0.383 e. The van der Waals surface area contributed by atoms with Gasteiger partial charge < -0.3 is 15.6 Å². The summed E-state index contributed by atoms with van der Waals surface area (Å²) >= 11 is 1.53. The van der Waals surface area contributed by atoms with E-state index in [1.54, 1.807) is 0 Å². The summed E-state index contributed by atoms with van der Waals surface area (Å²) in [5.41, 5.74) is 10.5. The van der Waals surface area contributed by atoms with Crippen LogP contribution in [0.4, 0.5) is 0 Å². The van der Waals surface area contributed by atoms with Crippen molar-refractivity contribution in [3.8, 4) is 11.1 Å². The number of benzene rings is 1. The minimum absolute atomic E-state index is 0.142. The Morgan fingerprint density at radius 2 is 2.08 bits per heavy atom. The van der Waals surface area contributed by atoms with Crippen LogP contribution in [0.5, 0.6) is 0 Å². The van der Waals surface area contributed by atoms with Crippen molar-refractivity contribution in [2.45, 2.75) is 19.3 Å². The van der Waals surface area contributed by atoms with Gasteiger partial charge in [0.15, 0.2) is 0 Å². The predicted molar refractivity (Wildman–Crippen MR) is 102 cm³/mol. The molecule has 2 aromatic heterocycles. The first-order valence-corrected chi connectivity index (χ1v) is 9.35. The Morgan fingerprint density at radius 3 is 2.88 bits per heavy atom. The van der Waals surface area contributed by atoms with E-state index in [9.17, 15) is 0 Å². The van der Waals surface area contributed by atoms with Crippen LogP contribution in [0.1, 0.15) is 23.3 Å². The number of nitrogen functional groups attached to an aromatic ring is 1. The maximum Gasteiger partial charge on any atom is 0.133 e. The molecule has 0 bridgehead atoms. The molecule has 4 rings (SSSR count). The van der Waals surface area contributed by atoms with Crippen LogP contribution < -0.4 is 5.73 Å². The van der Waals surface area contributed by atoms with Crippen LogP contribution in [-0.4, -0.2) is 35.4 Å². The number of hydrogen-bond acceptors (Lipinski definition) is 3. The van der Waals surface area contributed by atoms with Crippen LogP contribution in [0, 0.1) is 5.41 Å². The van der Waals surface area contributed by atoms with Gasteiger partial charge in [-0.15, -0.1) is 11.3 Å². The molecule has 0 saturated carbocycles. The Balaban J connectivity index is 1.65. The fraction of sp³-hybridized carbons (Fsp3) is 0.316. The van der Waals surface area contributed by atoms with Crippen molar-refractivity contribution in [3.05, 3.63) is 46.3 Å². The Labute approximate surface area is 145 Å². The zero-order valence-electron chi connectivity index (χ0n) is 13.6. The Morgan fingerprint density at radius 1 is 1.25 bits per heavy atom. The first-order valence-electron chi connectivity index (χ1n) is 8.47. The molecule has 0 unspecified atom stereocenters. The fourth-order valence-corrected chi connectivity index (χ4v) is 4.36. The number of thiophene rings is 1. The number of aromatic nitrogens is 1. The molecule has 1 aliphatic heterocycles. The van der Waals surface area contributed by atoms with Gasteiger partial charge in [-0.1, -0.05) is 6.07 Å². The summed E-state index contributed by atoms with van der Waals surface area (Å²) in [7, 11) is 0. The largest absolute Gasteiger partial charge is 0.383 e. The van der Waals surface area contributed by atoms with E-state index in [-0.39, 0.29) is 5.84 Å². The number of amidine groups is 1. The highest BCUT2D eigenvalue weighted by atomic mass is 32.1. The molecular formula is C19H22N4S. The van der Waals surface area contributed by atoms with Crippen molar-refractivity contribution < 1.29 is 0 Å². The summed E-state index contributed by atoms with van der Waals surface area (Å²) in [6, 6.07) is 8.53. The van der Waals surface area contributed by atoms with Gasteiger partial charge in [0, 0.05) is 29.2 Å². The van der Waals surface area contributed by atoms with Crippen molar-refractivity contribution in [2.24, 2.45) is 5.73 Å². The van der Waals surface area contributed by atoms with E-state index in [2.05, 4.69) is 40.3 Å². The predicted octanol–water partition coefficient (Wildman–Crippen LogP) is 3.82. The molecule has 0 aliphatic carbocycles. The SMILES string of the molecule is N=C(N)c1sccc1-c1ccc2[nH]cc(CCN3CCCC3)c2c1. The molecule has 5 heteroatoms. The monoisotopic (exact) mass is 338 g/mol. The third-order valence-electron chi connectivity index (χ3n) is 4.88. The zero-order chi connectivity index (χ0) is 16.5. The standard InChI is InChI=1S/C19H22N4S/c20-19(21)18-15(6-10-24-18)13-3-4-17-16(11-13)14(12-22-17)5-9-23-7-1-2-8-23/h3-4,6,10-12,22H,1-2,5,7-9H2,(H3,20,21). The number of nitrogens with two attached hydrogens (primary N) is 1. The molecule has 0 atom stereocenters. The summed E-state index contributed by atoms with van der Waals surface area (Å²) in [6.45, 7) is 3.61. The molecule has 0 amide bonds. The molecule has 1 aliphatic rings. The number of nitrogens with zero attached hydrogens (tertiary/aromatic N) is 1. The highest BCUT2D eigenvalue weighted by Crippen LogP contribution is 2.31. The number of nitrogens with one attached hydrogen (secondary N) is 2. The van der Waals surface area contributed by atoms with Gasteiger partial charge in [0.1, 0.15) is 5.84 Å². The lowest BCUT2D eigenvalue weighted by Crippen LogP contribution is -2.21. The molecule has 124 valence electrons. The lowest BCUT2D eigenvalue weighted by atomic mass is 10.0. The lowest BCUT2D eigenvalue weighted by molar-refractivity contribution is 0.344. The summed E-state index contributed by atoms with van der Waals surface area (Å²) in [5, 5.41) is 11.0. The molecule has 0 spiro atoms. The van der Waals surface area contributed by atoms with E-state index in [4.69, 9.17) is 11.1 Å². The number of fused-ring (bicyclic) bond motifs is 1. The summed E-state index contributed by atoms with van der Waals surface area (Å²) in [4.78, 5) is 6.79. The maximum atomic E-state index is 7.76. The van der Waals surface area contributed by atoms with Gasteiger partial charge in [-0.05, 0) is 67.1 Å². The second-order valence-corrected chi connectivity index (χ2v) is 7.37. The Bertz CT molecular complexity index is 871. The molecule has 1 aromatic carbocycles. The second kappa shape index (κ2) is 6.42. The molecule has 3 heterocycles. The smallest absolute Gasteiger partial charge is 0.133 e. The van der Waals surface area contributed by atoms with E-state index in [1.807, 2.05) is 5.38 Å². The van der Waals surface area contributed by atoms with Gasteiger partial charge in [0.25, 0.3) is 0 Å². The van der Waals surface area contributed by atoms with Crippen LogP contribution in [0.15, 0.2) is 35.8 Å². The topological polar surface area (TPSA) is 68.9 Å². The Hall–Kier alpha value is -2.11. The number of hydrogen-bond donors (Lipinski definition) is 3. The molecule has 4 N–H and O–H groups in total. The summed E-state index contributed by atoms with van der Waals surface area (Å²) in [5.74, 6) is 0.142. The average Bonchev–Trinajstić information content (AvgIpc) is 3.32. The first-order chi connectivity index (χ1) is 11.7. The van der Waals surface area contributed by atoms with Gasteiger partial charge in [0.2, 0.25) is 0 Å². The van der Waals surface area contributed by atoms with Crippen LogP contribution in [0.3, 0.4) is 0 Å². The molecular weight excluding hydrogens is 316 g/mol. The van der Waals surface area contributed by atoms with Crippen molar-refractivity contribution in [1.82, 2.24) is 9.88 Å². The highest BCUT2D eigenvalue weighted by Gasteiger charge is 2.14. The highest BCUT2D eigenvalue weighted by molar-refractivity contribution is 7.12. The molecule has 0 radical (unpaired) electrons. The van der Waals surface area contributed by atoms with E-state index in [1.165, 1.54) is 53.7 Å². The van der Waals surface area contributed by atoms with E-state index >= 15 is 0 Å². The maximum absolute atomic E-state index is 7.76. The van der Waals surface area contributed by atoms with Gasteiger partial charge in [-0.3, -0.25) is 5.41 Å². The van der Waals surface area contributed by atoms with Crippen molar-refractivity contribution in [2.75, 3.05) is 19.6 Å². The van der Waals surface area contributed by atoms with Gasteiger partial charge >= 0.3 is 0 Å². The van der Waals surface area contributed by atoms with Crippen molar-refractivity contribution >= 4 is 28.1 Å². The molecule has 1 fully saturated rings. The lowest BCUT2D eigenvalue weighted by Gasteiger charge is -2.13. The van der Waals surface area contributed by atoms with Crippen LogP contribution in [0.2, 0.25) is 0 Å². The average molecular weight is 338 g/mol. The third kappa shape index (κ3) is 2.85. The zero-order valence-corrected chi connectivity index (χ0v) is 14.5. The number of aromatic amines is 1. The Kier molecular flexibility index (Phi) is 4.12. The van der Waals surface area contributed by atoms with Crippen LogP contribution in [0.25, 0.3) is 22.0 Å². The molecule has 1 saturated heterocycles. The summed E-state index contributed by atoms with van der Waals surface area (Å²) < 4.78 is 0. The van der Waals surface area contributed by atoms with Gasteiger partial charge in [-0.2, -0.15) is 0 Å². The van der Waals surface area contributed by atoms with Gasteiger partial charge in [-0.25, -0.2) is 0 Å². The third-order valence-corrected chi connectivity index (χ3v) is 5.83. The van der Waals surface area contributed by atoms with Crippen molar-refractivity contribution in [1.29, 1.82) is 5.41 Å². The van der Waals surface area contributed by atoms with E-state index < -0.39 is 0 Å². The first kappa shape index (κ1) is 15.4. The van der Waals surface area contributed by atoms with Gasteiger partial charge in [0.05, 0.1) is 4.88 Å². The fourth-order valence-electron chi connectivity index (χ4n) is 3.58. The van der Waals surface area contributed by atoms with Crippen molar-refractivity contribution in [3.63, 3.8) is 0 Å². The number of H-pyrrole nitrogens is 1. The van der Waals surface area contributed by atoms with E-state index in [0.29, 0.717) is 0 Å². The normalized spacial score (nSPS) is 15.3. The summed E-state index contributed by atoms with van der Waals surface area (Å²) in [6.07, 6.45) is 5.89. The van der Waals surface area contributed by atoms with E-state index in [0.717, 1.165) is 29.0 Å². The minimum atomic E-state index is 0.142. The van der Waals surface area contributed by atoms with Crippen LogP contribution >= 0.6 is 11.3 Å². The molecule has 3 aromatic rings. The molecule has 24 heavy (non-hydrogen) atoms. The number of likely N-dealkylation sites (tertiary alicyclic amines) is 1. The number of rotatable bonds is 5. The van der Waals surface area contributed by atoms with Crippen LogP contribution in [-0.2, 0) is 6.42 Å².